The average Bonchev–Trinajstić information content (AvgIpc) is 3.34. The fourth-order valence-electron chi connectivity index (χ4n) is 4.76. The number of aliphatic hydroxyl groups is 2. The van der Waals surface area contributed by atoms with Crippen molar-refractivity contribution in [1.29, 1.82) is 0 Å². The summed E-state index contributed by atoms with van der Waals surface area (Å²) in [5.41, 5.74) is 0.274. The first-order valence-corrected chi connectivity index (χ1v) is 11.2. The Balaban J connectivity index is 0.00000274. The van der Waals surface area contributed by atoms with Gasteiger partial charge in [-0.15, -0.1) is 0 Å². The summed E-state index contributed by atoms with van der Waals surface area (Å²) in [5, 5.41) is 26.2. The summed E-state index contributed by atoms with van der Waals surface area (Å²) >= 11 is 0. The number of halogens is 3. The third-order valence-corrected chi connectivity index (χ3v) is 6.48. The Hall–Kier alpha value is -2.92. The van der Waals surface area contributed by atoms with Gasteiger partial charge in [0, 0.05) is 18.2 Å². The fourth-order valence-corrected chi connectivity index (χ4v) is 4.76. The molecule has 1 aromatic carbocycles. The molecule has 0 aliphatic heterocycles. The molecule has 0 saturated heterocycles. The van der Waals surface area contributed by atoms with Crippen molar-refractivity contribution in [1.82, 2.24) is 19.5 Å². The predicted molar refractivity (Wildman–Crippen MR) is 122 cm³/mol. The van der Waals surface area contributed by atoms with Crippen molar-refractivity contribution < 1.29 is 23.4 Å². The molecule has 11 heteroatoms. The van der Waals surface area contributed by atoms with Crippen molar-refractivity contribution in [3.8, 4) is 0 Å². The maximum absolute atomic E-state index is 14.3. The molecule has 0 radical (unpaired) electrons. The molecule has 2 aromatic heterocycles. The molecule has 2 atom stereocenters. The van der Waals surface area contributed by atoms with Gasteiger partial charge in [-0.05, 0) is 44.9 Å². The van der Waals surface area contributed by atoms with Crippen LogP contribution in [0.25, 0.3) is 11.2 Å². The summed E-state index contributed by atoms with van der Waals surface area (Å²) in [4.78, 5) is 13.3. The molecular weight excluding hydrogens is 449 g/mol. The van der Waals surface area contributed by atoms with E-state index in [4.69, 9.17) is 0 Å². The second kappa shape index (κ2) is 9.75. The van der Waals surface area contributed by atoms with E-state index in [1.807, 2.05) is 0 Å². The molecule has 5 rings (SSSR count). The molecule has 8 nitrogen and oxygen atoms in total. The lowest BCUT2D eigenvalue weighted by atomic mass is 9.93. The van der Waals surface area contributed by atoms with Gasteiger partial charge in [0.1, 0.15) is 17.0 Å². The Kier molecular flexibility index (Phi) is 6.94. The Morgan fingerprint density at radius 1 is 0.941 bits per heavy atom. The molecule has 4 N–H and O–H groups in total. The zero-order valence-electron chi connectivity index (χ0n) is 17.8. The number of nitrogens with zero attached hydrogens (tertiary/aromatic N) is 4. The van der Waals surface area contributed by atoms with Crippen LogP contribution in [-0.4, -0.2) is 48.0 Å². The van der Waals surface area contributed by atoms with Crippen LogP contribution < -0.4 is 10.6 Å². The molecule has 2 fully saturated rings. The van der Waals surface area contributed by atoms with E-state index in [0.29, 0.717) is 54.9 Å². The maximum Gasteiger partial charge on any atom is 0.224 e. The molecule has 2 saturated carbocycles. The van der Waals surface area contributed by atoms with Crippen molar-refractivity contribution in [2.24, 2.45) is 0 Å². The molecule has 0 bridgehead atoms. The van der Waals surface area contributed by atoms with E-state index in [9.17, 15) is 23.4 Å². The number of fused-ring (bicyclic) bond motifs is 1. The van der Waals surface area contributed by atoms with Gasteiger partial charge >= 0.3 is 0 Å². The number of hydrogen-bond donors (Lipinski definition) is 4. The van der Waals surface area contributed by atoms with Crippen molar-refractivity contribution in [3.63, 3.8) is 0 Å². The number of rotatable bonds is 5. The van der Waals surface area contributed by atoms with Crippen molar-refractivity contribution in [2.75, 3.05) is 10.6 Å². The van der Waals surface area contributed by atoms with Crippen LogP contribution >= 0.6 is 0 Å². The van der Waals surface area contributed by atoms with E-state index in [0.717, 1.165) is 19.3 Å². The third kappa shape index (κ3) is 4.67. The molecule has 3 aromatic rings. The number of nitrogens with one attached hydrogen (secondary N) is 2. The lowest BCUT2D eigenvalue weighted by Crippen LogP contribution is -2.29. The van der Waals surface area contributed by atoms with E-state index in [2.05, 4.69) is 25.6 Å². The van der Waals surface area contributed by atoms with Crippen molar-refractivity contribution >= 4 is 28.7 Å². The minimum absolute atomic E-state index is 0. The fraction of sp³-hybridized carbons (Fsp3) is 0.522. The number of anilines is 3. The van der Waals surface area contributed by atoms with Crippen LogP contribution in [0.2, 0.25) is 0 Å². The zero-order chi connectivity index (χ0) is 23.1. The minimum atomic E-state index is -1.09. The molecule has 34 heavy (non-hydrogen) atoms. The van der Waals surface area contributed by atoms with Crippen LogP contribution in [0.15, 0.2) is 18.3 Å². The largest absolute Gasteiger partial charge is 0.393 e. The van der Waals surface area contributed by atoms with Crippen LogP contribution in [0, 0.1) is 17.5 Å². The highest BCUT2D eigenvalue weighted by Gasteiger charge is 2.32. The van der Waals surface area contributed by atoms with Gasteiger partial charge in [0.05, 0.1) is 24.4 Å². The number of hydrogen-bond acceptors (Lipinski definition) is 7. The van der Waals surface area contributed by atoms with E-state index < -0.39 is 35.3 Å². The summed E-state index contributed by atoms with van der Waals surface area (Å²) < 4.78 is 43.6. The highest BCUT2D eigenvalue weighted by Crippen LogP contribution is 2.37. The van der Waals surface area contributed by atoms with Crippen molar-refractivity contribution in [2.45, 2.75) is 76.7 Å². The van der Waals surface area contributed by atoms with Crippen LogP contribution in [0.3, 0.4) is 0 Å². The summed E-state index contributed by atoms with van der Waals surface area (Å²) in [5.74, 6) is -2.74. The van der Waals surface area contributed by atoms with Gasteiger partial charge in [0.2, 0.25) is 11.9 Å². The molecule has 184 valence electrons. The highest BCUT2D eigenvalue weighted by atomic mass is 19.1. The molecule has 1 unspecified atom stereocenters. The summed E-state index contributed by atoms with van der Waals surface area (Å²) in [7, 11) is 0. The first-order chi connectivity index (χ1) is 15.9. The second-order valence-corrected chi connectivity index (χ2v) is 8.79. The van der Waals surface area contributed by atoms with Gasteiger partial charge in [0.25, 0.3) is 0 Å². The summed E-state index contributed by atoms with van der Waals surface area (Å²) in [6.45, 7) is 0. The number of benzene rings is 1. The van der Waals surface area contributed by atoms with Crippen LogP contribution in [0.4, 0.5) is 30.8 Å². The smallest absolute Gasteiger partial charge is 0.224 e. The third-order valence-electron chi connectivity index (χ3n) is 6.48. The normalized spacial score (nSPS) is 24.7. The monoisotopic (exact) mass is 478 g/mol. The van der Waals surface area contributed by atoms with Crippen LogP contribution in [0.1, 0.15) is 58.4 Å². The van der Waals surface area contributed by atoms with E-state index in [1.165, 1.54) is 6.20 Å². The Bertz CT molecular complexity index is 1140. The Morgan fingerprint density at radius 2 is 1.65 bits per heavy atom. The van der Waals surface area contributed by atoms with Gasteiger partial charge < -0.3 is 20.8 Å². The lowest BCUT2D eigenvalue weighted by Gasteiger charge is -2.26. The van der Waals surface area contributed by atoms with Crippen LogP contribution in [-0.2, 0) is 0 Å². The Morgan fingerprint density at radius 3 is 2.29 bits per heavy atom. The number of imidazole rings is 1. The second-order valence-electron chi connectivity index (χ2n) is 8.79. The molecule has 2 heterocycles. The standard InChI is InChI=1S/C22H25F3N6O2.CH4/c23-11-8-14(24)19(15(25)9-11)29-22-28-16-10-26-21(27-12-4-6-13(32)7-5-12)30-20(16)31(22)17-2-1-3-18(17)33;/h8-10,12-13,17-18,32-33H,1-7H2,(H,28,29)(H,26,27,30);1H4/t12?,13?,17?,18-;/m0./s1. The quantitative estimate of drug-likeness (QED) is 0.430. The minimum Gasteiger partial charge on any atom is -0.393 e. The summed E-state index contributed by atoms with van der Waals surface area (Å²) in [6.07, 6.45) is 5.57. The molecular formula is C23H29F3N6O2. The van der Waals surface area contributed by atoms with E-state index in [-0.39, 0.29) is 25.5 Å². The molecule has 2 aliphatic carbocycles. The topological polar surface area (TPSA) is 108 Å². The molecule has 0 amide bonds. The van der Waals surface area contributed by atoms with Gasteiger partial charge in [-0.25, -0.2) is 23.1 Å². The number of aliphatic hydroxyl groups excluding tert-OH is 2. The van der Waals surface area contributed by atoms with Gasteiger partial charge in [-0.2, -0.15) is 4.98 Å². The average molecular weight is 479 g/mol. The number of aromatic nitrogens is 4. The zero-order valence-corrected chi connectivity index (χ0v) is 17.8. The van der Waals surface area contributed by atoms with Crippen molar-refractivity contribution in [3.05, 3.63) is 35.8 Å². The molecule has 2 aliphatic rings. The van der Waals surface area contributed by atoms with Gasteiger partial charge in [-0.1, -0.05) is 7.43 Å². The van der Waals surface area contributed by atoms with Crippen LogP contribution in [0.5, 0.6) is 0 Å². The van der Waals surface area contributed by atoms with Gasteiger partial charge in [0.15, 0.2) is 17.3 Å². The SMILES string of the molecule is C.OC1CCC(Nc2ncc3nc(Nc4c(F)cc(F)cc4F)n(C4CCC[C@@H]4O)c3n2)CC1. The Labute approximate surface area is 195 Å². The highest BCUT2D eigenvalue weighted by molar-refractivity contribution is 5.77. The summed E-state index contributed by atoms with van der Waals surface area (Å²) in [6, 6.07) is 0.910. The molecule has 0 spiro atoms. The first kappa shape index (κ1) is 24.2. The van der Waals surface area contributed by atoms with E-state index >= 15 is 0 Å². The lowest BCUT2D eigenvalue weighted by molar-refractivity contribution is 0.126. The van der Waals surface area contributed by atoms with E-state index in [1.54, 1.807) is 4.57 Å². The maximum atomic E-state index is 14.3. The predicted octanol–water partition coefficient (Wildman–Crippen LogP) is 4.42. The first-order valence-electron chi connectivity index (χ1n) is 11.2. The van der Waals surface area contributed by atoms with Gasteiger partial charge in [-0.3, -0.25) is 4.57 Å².